The Balaban J connectivity index is 1.77. The predicted molar refractivity (Wildman–Crippen MR) is 50.9 cm³/mol. The number of hydrogen-bond acceptors (Lipinski definition) is 5. The summed E-state index contributed by atoms with van der Waals surface area (Å²) in [7, 11) is 0. The molecule has 5 nitrogen and oxygen atoms in total. The van der Waals surface area contributed by atoms with Crippen molar-refractivity contribution in [2.24, 2.45) is 5.92 Å². The molecule has 0 aromatic carbocycles. The monoisotopic (exact) mass is 197 g/mol. The maximum absolute atomic E-state index is 9.32. The molecule has 5 heteroatoms. The van der Waals surface area contributed by atoms with Gasteiger partial charge in [-0.1, -0.05) is 5.16 Å². The SMILES string of the molecule is Cc1noc(NCC2CCC(O)C2)n1. The van der Waals surface area contributed by atoms with Crippen LogP contribution in [0.25, 0.3) is 0 Å². The minimum absolute atomic E-state index is 0.119. The largest absolute Gasteiger partial charge is 0.393 e. The molecule has 1 aromatic heterocycles. The fraction of sp³-hybridized carbons (Fsp3) is 0.778. The van der Waals surface area contributed by atoms with Crippen molar-refractivity contribution in [2.75, 3.05) is 11.9 Å². The molecule has 78 valence electrons. The summed E-state index contributed by atoms with van der Waals surface area (Å²) < 4.78 is 4.92. The van der Waals surface area contributed by atoms with Gasteiger partial charge in [-0.05, 0) is 32.1 Å². The summed E-state index contributed by atoms with van der Waals surface area (Å²) in [5, 5.41) is 16.1. The first-order valence-corrected chi connectivity index (χ1v) is 4.96. The molecule has 1 aliphatic carbocycles. The Hall–Kier alpha value is -1.10. The molecule has 0 saturated heterocycles. The standard InChI is InChI=1S/C9H15N3O2/c1-6-11-9(14-12-6)10-5-7-2-3-8(13)4-7/h7-8,13H,2-5H2,1H3,(H,10,11,12). The van der Waals surface area contributed by atoms with E-state index in [1.165, 1.54) is 0 Å². The maximum Gasteiger partial charge on any atom is 0.321 e. The highest BCUT2D eigenvalue weighted by Crippen LogP contribution is 2.25. The number of aromatic nitrogens is 2. The zero-order valence-electron chi connectivity index (χ0n) is 8.23. The molecule has 2 atom stereocenters. The zero-order valence-corrected chi connectivity index (χ0v) is 8.23. The fourth-order valence-corrected chi connectivity index (χ4v) is 1.83. The minimum atomic E-state index is -0.119. The minimum Gasteiger partial charge on any atom is -0.393 e. The topological polar surface area (TPSA) is 71.2 Å². The van der Waals surface area contributed by atoms with Crippen LogP contribution in [0.3, 0.4) is 0 Å². The molecule has 1 aromatic rings. The third-order valence-electron chi connectivity index (χ3n) is 2.58. The number of nitrogens with zero attached hydrogens (tertiary/aromatic N) is 2. The van der Waals surface area contributed by atoms with Gasteiger partial charge in [-0.3, -0.25) is 0 Å². The average Bonchev–Trinajstić information content (AvgIpc) is 2.72. The van der Waals surface area contributed by atoms with Gasteiger partial charge in [0.2, 0.25) is 0 Å². The Morgan fingerprint density at radius 2 is 2.43 bits per heavy atom. The van der Waals surface area contributed by atoms with Crippen LogP contribution >= 0.6 is 0 Å². The molecule has 0 radical (unpaired) electrons. The van der Waals surface area contributed by atoms with Gasteiger partial charge in [0.1, 0.15) is 0 Å². The molecule has 2 rings (SSSR count). The normalized spacial score (nSPS) is 26.7. The molecule has 1 saturated carbocycles. The molecule has 14 heavy (non-hydrogen) atoms. The third kappa shape index (κ3) is 2.23. The van der Waals surface area contributed by atoms with Gasteiger partial charge in [0, 0.05) is 6.54 Å². The van der Waals surface area contributed by atoms with Crippen LogP contribution in [0.1, 0.15) is 25.1 Å². The summed E-state index contributed by atoms with van der Waals surface area (Å²) in [6.07, 6.45) is 2.74. The van der Waals surface area contributed by atoms with E-state index in [0.29, 0.717) is 17.8 Å². The molecule has 1 aliphatic rings. The van der Waals surface area contributed by atoms with Gasteiger partial charge in [-0.25, -0.2) is 0 Å². The predicted octanol–water partition coefficient (Wildman–Crippen LogP) is 0.951. The Morgan fingerprint density at radius 3 is 3.00 bits per heavy atom. The van der Waals surface area contributed by atoms with Crippen LogP contribution in [0.4, 0.5) is 6.01 Å². The summed E-state index contributed by atoms with van der Waals surface area (Å²) in [6, 6.07) is 0.476. The molecule has 1 fully saturated rings. The van der Waals surface area contributed by atoms with Crippen LogP contribution < -0.4 is 5.32 Å². The van der Waals surface area contributed by atoms with E-state index in [-0.39, 0.29) is 6.10 Å². The highest BCUT2D eigenvalue weighted by molar-refractivity contribution is 5.17. The quantitative estimate of drug-likeness (QED) is 0.755. The molecule has 0 spiro atoms. The number of aliphatic hydroxyl groups is 1. The van der Waals surface area contributed by atoms with Crippen molar-refractivity contribution in [3.8, 4) is 0 Å². The van der Waals surface area contributed by atoms with Gasteiger partial charge < -0.3 is 14.9 Å². The van der Waals surface area contributed by atoms with E-state index in [1.54, 1.807) is 6.92 Å². The molecular weight excluding hydrogens is 182 g/mol. The first-order valence-electron chi connectivity index (χ1n) is 4.96. The molecule has 0 amide bonds. The lowest BCUT2D eigenvalue weighted by Gasteiger charge is -2.07. The summed E-state index contributed by atoms with van der Waals surface area (Å²) in [4.78, 5) is 4.04. The van der Waals surface area contributed by atoms with Crippen LogP contribution in [0.2, 0.25) is 0 Å². The van der Waals surface area contributed by atoms with Crippen molar-refractivity contribution in [1.82, 2.24) is 10.1 Å². The average molecular weight is 197 g/mol. The maximum atomic E-state index is 9.32. The lowest BCUT2D eigenvalue weighted by molar-refractivity contribution is 0.178. The Kier molecular flexibility index (Phi) is 2.67. The van der Waals surface area contributed by atoms with E-state index in [1.807, 2.05) is 0 Å². The Bertz CT molecular complexity index is 300. The van der Waals surface area contributed by atoms with Crippen LogP contribution in [0.5, 0.6) is 0 Å². The van der Waals surface area contributed by atoms with Crippen molar-refractivity contribution >= 4 is 6.01 Å². The summed E-state index contributed by atoms with van der Waals surface area (Å²) in [5.74, 6) is 1.16. The lowest BCUT2D eigenvalue weighted by atomic mass is 10.1. The molecule has 2 N–H and O–H groups in total. The second-order valence-electron chi connectivity index (χ2n) is 3.86. The number of nitrogens with one attached hydrogen (secondary N) is 1. The molecule has 1 heterocycles. The van der Waals surface area contributed by atoms with E-state index in [9.17, 15) is 5.11 Å². The number of aryl methyl sites for hydroxylation is 1. The summed E-state index contributed by atoms with van der Waals surface area (Å²) in [5.41, 5.74) is 0. The lowest BCUT2D eigenvalue weighted by Crippen LogP contribution is -2.12. The molecule has 2 unspecified atom stereocenters. The third-order valence-corrected chi connectivity index (χ3v) is 2.58. The Labute approximate surface area is 82.5 Å². The smallest absolute Gasteiger partial charge is 0.321 e. The van der Waals surface area contributed by atoms with Gasteiger partial charge in [-0.15, -0.1) is 0 Å². The van der Waals surface area contributed by atoms with Crippen molar-refractivity contribution in [3.05, 3.63) is 5.82 Å². The number of anilines is 1. The van der Waals surface area contributed by atoms with Crippen LogP contribution in [-0.2, 0) is 0 Å². The number of rotatable bonds is 3. The fourth-order valence-electron chi connectivity index (χ4n) is 1.83. The van der Waals surface area contributed by atoms with Gasteiger partial charge in [0.05, 0.1) is 6.10 Å². The van der Waals surface area contributed by atoms with Crippen molar-refractivity contribution in [2.45, 2.75) is 32.3 Å². The van der Waals surface area contributed by atoms with Gasteiger partial charge >= 0.3 is 6.01 Å². The number of aliphatic hydroxyl groups excluding tert-OH is 1. The van der Waals surface area contributed by atoms with Crippen LogP contribution in [0.15, 0.2) is 4.52 Å². The molecular formula is C9H15N3O2. The number of hydrogen-bond donors (Lipinski definition) is 2. The second-order valence-corrected chi connectivity index (χ2v) is 3.86. The van der Waals surface area contributed by atoms with Gasteiger partial charge in [-0.2, -0.15) is 4.98 Å². The first-order chi connectivity index (χ1) is 6.74. The van der Waals surface area contributed by atoms with E-state index in [4.69, 9.17) is 4.52 Å². The summed E-state index contributed by atoms with van der Waals surface area (Å²) in [6.45, 7) is 2.59. The Morgan fingerprint density at radius 1 is 1.57 bits per heavy atom. The van der Waals surface area contributed by atoms with Crippen molar-refractivity contribution in [1.29, 1.82) is 0 Å². The molecule has 0 aliphatic heterocycles. The van der Waals surface area contributed by atoms with Crippen molar-refractivity contribution in [3.63, 3.8) is 0 Å². The summed E-state index contributed by atoms with van der Waals surface area (Å²) >= 11 is 0. The second kappa shape index (κ2) is 3.96. The van der Waals surface area contributed by atoms with Crippen LogP contribution in [0, 0.1) is 12.8 Å². The molecule has 0 bridgehead atoms. The highest BCUT2D eigenvalue weighted by atomic mass is 16.5. The van der Waals surface area contributed by atoms with Gasteiger partial charge in [0.15, 0.2) is 5.82 Å². The van der Waals surface area contributed by atoms with Crippen molar-refractivity contribution < 1.29 is 9.63 Å². The van der Waals surface area contributed by atoms with E-state index in [0.717, 1.165) is 25.8 Å². The zero-order chi connectivity index (χ0) is 9.97. The van der Waals surface area contributed by atoms with E-state index >= 15 is 0 Å². The highest BCUT2D eigenvalue weighted by Gasteiger charge is 2.22. The first kappa shape index (κ1) is 9.45. The van der Waals surface area contributed by atoms with Crippen LogP contribution in [-0.4, -0.2) is 27.9 Å². The van der Waals surface area contributed by atoms with Gasteiger partial charge in [0.25, 0.3) is 0 Å². The van der Waals surface area contributed by atoms with E-state index in [2.05, 4.69) is 15.5 Å². The van der Waals surface area contributed by atoms with E-state index < -0.39 is 0 Å².